The summed E-state index contributed by atoms with van der Waals surface area (Å²) in [4.78, 5) is 33.9. The highest BCUT2D eigenvalue weighted by atomic mass is 19.4. The maximum absolute atomic E-state index is 12.9. The minimum absolute atomic E-state index is 0.0239. The van der Waals surface area contributed by atoms with Crippen LogP contribution in [-0.4, -0.2) is 36.7 Å². The van der Waals surface area contributed by atoms with E-state index in [1.54, 1.807) is 43.5 Å². The third kappa shape index (κ3) is 6.87. The zero-order chi connectivity index (χ0) is 27.3. The maximum Gasteiger partial charge on any atom is 0.416 e. The highest BCUT2D eigenvalue weighted by Gasteiger charge is 2.30. The van der Waals surface area contributed by atoms with Crippen LogP contribution in [0.3, 0.4) is 0 Å². The third-order valence-electron chi connectivity index (χ3n) is 5.46. The first-order valence-electron chi connectivity index (χ1n) is 11.4. The van der Waals surface area contributed by atoms with Crippen LogP contribution in [0.4, 0.5) is 40.7 Å². The molecule has 12 heteroatoms. The molecule has 4 rings (SSSR count). The lowest BCUT2D eigenvalue weighted by Gasteiger charge is -2.18. The highest BCUT2D eigenvalue weighted by molar-refractivity contribution is 6.04. The Hall–Kier alpha value is -4.87. The van der Waals surface area contributed by atoms with Crippen LogP contribution >= 0.6 is 0 Å². The number of nitrogens with two attached hydrogens (primary N) is 1. The molecular formula is C26H24F3N7O2. The van der Waals surface area contributed by atoms with Crippen molar-refractivity contribution in [2.75, 3.05) is 28.2 Å². The molecule has 3 aromatic rings. The summed E-state index contributed by atoms with van der Waals surface area (Å²) in [5.74, 6) is -0.0152. The first-order valence-corrected chi connectivity index (χ1v) is 11.4. The Bertz CT molecular complexity index is 1420. The molecule has 0 saturated heterocycles. The second kappa shape index (κ2) is 11.0. The Morgan fingerprint density at radius 3 is 2.34 bits per heavy atom. The van der Waals surface area contributed by atoms with Gasteiger partial charge in [-0.05, 0) is 61.0 Å². The molecule has 3 aromatic carbocycles. The number of alkyl halides is 3. The van der Waals surface area contributed by atoms with E-state index in [9.17, 15) is 22.8 Å². The van der Waals surface area contributed by atoms with E-state index >= 15 is 0 Å². The van der Waals surface area contributed by atoms with Crippen molar-refractivity contribution >= 4 is 46.9 Å². The molecule has 0 aromatic heterocycles. The van der Waals surface area contributed by atoms with Crippen molar-refractivity contribution in [1.82, 2.24) is 5.32 Å². The van der Waals surface area contributed by atoms with Crippen LogP contribution in [0.25, 0.3) is 0 Å². The van der Waals surface area contributed by atoms with E-state index in [2.05, 4.69) is 31.3 Å². The van der Waals surface area contributed by atoms with Gasteiger partial charge >= 0.3 is 12.2 Å². The molecule has 6 N–H and O–H groups in total. The molecule has 0 radical (unpaired) electrons. The van der Waals surface area contributed by atoms with Crippen LogP contribution in [0.5, 0.6) is 0 Å². The lowest BCUT2D eigenvalue weighted by Crippen LogP contribution is -2.40. The number of carbonyl (C=O) groups is 2. The number of amides is 3. The summed E-state index contributed by atoms with van der Waals surface area (Å²) < 4.78 is 38.7. The average molecular weight is 524 g/mol. The molecule has 0 spiro atoms. The Kier molecular flexibility index (Phi) is 7.61. The number of guanidine groups is 1. The molecule has 0 fully saturated rings. The van der Waals surface area contributed by atoms with Gasteiger partial charge in [0.05, 0.1) is 18.2 Å². The minimum Gasteiger partial charge on any atom is -0.399 e. The fourth-order valence-electron chi connectivity index (χ4n) is 3.59. The number of anilines is 4. The van der Waals surface area contributed by atoms with Crippen molar-refractivity contribution in [3.8, 4) is 0 Å². The van der Waals surface area contributed by atoms with E-state index in [1.807, 2.05) is 6.07 Å². The smallest absolute Gasteiger partial charge is 0.399 e. The van der Waals surface area contributed by atoms with Gasteiger partial charge < -0.3 is 27.0 Å². The largest absolute Gasteiger partial charge is 0.416 e. The quantitative estimate of drug-likeness (QED) is 0.305. The molecule has 1 aliphatic rings. The van der Waals surface area contributed by atoms with Crippen molar-refractivity contribution in [3.63, 3.8) is 0 Å². The predicted octanol–water partition coefficient (Wildman–Crippen LogP) is 4.89. The van der Waals surface area contributed by atoms with Crippen molar-refractivity contribution in [2.24, 2.45) is 9.98 Å². The first-order chi connectivity index (χ1) is 18.1. The van der Waals surface area contributed by atoms with E-state index < -0.39 is 29.7 Å². The molecule has 38 heavy (non-hydrogen) atoms. The van der Waals surface area contributed by atoms with Gasteiger partial charge in [0, 0.05) is 34.5 Å². The van der Waals surface area contributed by atoms with Crippen LogP contribution in [-0.2, 0) is 6.18 Å². The lowest BCUT2D eigenvalue weighted by atomic mass is 10.1. The fraction of sp³-hybridized carbons (Fsp3) is 0.154. The number of benzene rings is 3. The van der Waals surface area contributed by atoms with Crippen LogP contribution < -0.4 is 27.0 Å². The van der Waals surface area contributed by atoms with Gasteiger partial charge in [0.2, 0.25) is 5.96 Å². The number of halogens is 3. The number of hydrogen-bond acceptors (Lipinski definition) is 6. The van der Waals surface area contributed by atoms with Gasteiger partial charge in [-0.15, -0.1) is 0 Å². The average Bonchev–Trinajstić information content (AvgIpc) is 2.86. The lowest BCUT2D eigenvalue weighted by molar-refractivity contribution is -0.137. The topological polar surface area (TPSA) is 133 Å². The molecule has 196 valence electrons. The molecule has 9 nitrogen and oxygen atoms in total. The summed E-state index contributed by atoms with van der Waals surface area (Å²) in [7, 11) is 0. The number of aryl methyl sites for hydroxylation is 1. The van der Waals surface area contributed by atoms with Crippen LogP contribution in [0.15, 0.2) is 76.7 Å². The van der Waals surface area contributed by atoms with Crippen molar-refractivity contribution in [1.29, 1.82) is 0 Å². The van der Waals surface area contributed by atoms with E-state index in [1.165, 1.54) is 18.2 Å². The number of nitrogens with one attached hydrogen (secondary N) is 4. The number of carbonyl (C=O) groups excluding carboxylic acids is 2. The second-order valence-electron chi connectivity index (χ2n) is 8.46. The van der Waals surface area contributed by atoms with E-state index in [0.717, 1.165) is 17.8 Å². The highest BCUT2D eigenvalue weighted by Crippen LogP contribution is 2.30. The van der Waals surface area contributed by atoms with Gasteiger partial charge in [-0.3, -0.25) is 4.79 Å². The maximum atomic E-state index is 12.9. The Labute approximate surface area is 216 Å². The minimum atomic E-state index is -4.53. The molecule has 1 aliphatic heterocycles. The van der Waals surface area contributed by atoms with Gasteiger partial charge in [0.25, 0.3) is 5.91 Å². The van der Waals surface area contributed by atoms with E-state index in [0.29, 0.717) is 22.8 Å². The zero-order valence-electron chi connectivity index (χ0n) is 20.1. The van der Waals surface area contributed by atoms with Gasteiger partial charge in [0.15, 0.2) is 0 Å². The molecule has 1 unspecified atom stereocenters. The Morgan fingerprint density at radius 2 is 1.66 bits per heavy atom. The number of nitrogens with zero attached hydrogens (tertiary/aromatic N) is 2. The number of rotatable bonds is 5. The first kappa shape index (κ1) is 26.2. The number of aliphatic imine (C=N–C) groups is 2. The number of urea groups is 1. The van der Waals surface area contributed by atoms with Crippen LogP contribution in [0.2, 0.25) is 0 Å². The van der Waals surface area contributed by atoms with E-state index in [4.69, 9.17) is 5.73 Å². The molecule has 0 aliphatic carbocycles. The summed E-state index contributed by atoms with van der Waals surface area (Å²) >= 11 is 0. The Morgan fingerprint density at radius 1 is 0.947 bits per heavy atom. The summed E-state index contributed by atoms with van der Waals surface area (Å²) in [5, 5.41) is 10.8. The van der Waals surface area contributed by atoms with Crippen molar-refractivity contribution in [2.45, 2.75) is 19.1 Å². The van der Waals surface area contributed by atoms with Crippen molar-refractivity contribution in [3.05, 3.63) is 83.4 Å². The molecular weight excluding hydrogens is 499 g/mol. The summed E-state index contributed by atoms with van der Waals surface area (Å²) in [6.07, 6.45) is -2.96. The second-order valence-corrected chi connectivity index (χ2v) is 8.46. The number of hydrogen-bond donors (Lipinski definition) is 5. The van der Waals surface area contributed by atoms with Gasteiger partial charge in [-0.1, -0.05) is 18.2 Å². The molecule has 0 bridgehead atoms. The standard InChI is InChI=1S/C26H24F3N7O2/c1-15-8-9-20(36-25(38)35-18-6-2-4-16(10-18)26(27,28)29)12-22(15)23(37)33-21-13-31-24(32-14-21)34-19-7-3-5-17(30)11-19/h2-13,21H,14,30H2,1H3,(H,32,34)(H,33,37)(H2,35,36,38). The normalized spacial score (nSPS) is 14.8. The van der Waals surface area contributed by atoms with Crippen LogP contribution in [0.1, 0.15) is 21.5 Å². The van der Waals surface area contributed by atoms with Gasteiger partial charge in [-0.2, -0.15) is 13.2 Å². The zero-order valence-corrected chi connectivity index (χ0v) is 20.1. The monoisotopic (exact) mass is 523 g/mol. The van der Waals surface area contributed by atoms with E-state index in [-0.39, 0.29) is 17.9 Å². The predicted molar refractivity (Wildman–Crippen MR) is 142 cm³/mol. The molecule has 3 amide bonds. The summed E-state index contributed by atoms with van der Waals surface area (Å²) in [5.41, 5.74) is 7.45. The molecule has 1 heterocycles. The summed E-state index contributed by atoms with van der Waals surface area (Å²) in [6, 6.07) is 14.9. The number of nitrogen functional groups attached to an aromatic ring is 1. The molecule has 0 saturated carbocycles. The molecule has 1 atom stereocenters. The summed E-state index contributed by atoms with van der Waals surface area (Å²) in [6.45, 7) is 2.00. The fourth-order valence-corrected chi connectivity index (χ4v) is 3.59. The van der Waals surface area contributed by atoms with Gasteiger partial charge in [-0.25, -0.2) is 14.8 Å². The third-order valence-corrected chi connectivity index (χ3v) is 5.46. The van der Waals surface area contributed by atoms with Crippen LogP contribution in [0, 0.1) is 6.92 Å². The van der Waals surface area contributed by atoms with Gasteiger partial charge in [0.1, 0.15) is 0 Å². The SMILES string of the molecule is Cc1ccc(NC(=O)Nc2cccc(C(F)(F)F)c2)cc1C(=O)NC1C=NC(Nc2cccc(N)c2)=NC1. The van der Waals surface area contributed by atoms with Crippen molar-refractivity contribution < 1.29 is 22.8 Å². The Balaban J connectivity index is 1.35.